The van der Waals surface area contributed by atoms with E-state index >= 15 is 0 Å². The second kappa shape index (κ2) is 32.2. The van der Waals surface area contributed by atoms with Crippen LogP contribution in [0, 0.1) is 0 Å². The number of carbonyl (C=O) groups excluding carboxylic acids is 1. The van der Waals surface area contributed by atoms with Gasteiger partial charge in [0.05, 0.1) is 5.60 Å². The lowest BCUT2D eigenvalue weighted by molar-refractivity contribution is -0.120. The molecule has 7 aromatic carbocycles. The van der Waals surface area contributed by atoms with E-state index in [0.29, 0.717) is 31.4 Å². The van der Waals surface area contributed by atoms with Crippen LogP contribution in [0.3, 0.4) is 0 Å². The van der Waals surface area contributed by atoms with Gasteiger partial charge >= 0.3 is 0 Å². The molecule has 7 heteroatoms. The Morgan fingerprint density at radius 2 is 0.895 bits per heavy atom. The molecule has 0 unspecified atom stereocenters. The SMILES string of the molecule is Brc1ccc(OCc2ccccc2)cc1.C1=C(c2ccc(OCc3ccccc3)cc2)CCCC1.O=C1CCCCC1.OC1(c2ccc(OCc3ccccc3)cc2)CCCCC1.Oc1ccc(C2CCCCC2)cc1. The third-order valence-electron chi connectivity index (χ3n) is 14.5. The second-order valence-corrected chi connectivity index (χ2v) is 21.3. The fourth-order valence-electron chi connectivity index (χ4n) is 10.0. The molecule has 6 nitrogen and oxygen atoms in total. The molecular weight excluding hydrogens is 1000 g/mol. The Hall–Kier alpha value is -6.41. The van der Waals surface area contributed by atoms with Gasteiger partial charge in [0.15, 0.2) is 0 Å². The standard InChI is InChI=1S/C19H22O2.C19H20O.C13H11BrO.C12H16O.C6H10O/c20-19(13-5-2-6-14-19)17-9-11-18(12-10-17)21-15-16-7-3-1-4-8-16;1-3-7-16(8-4-1)15-20-19-13-11-18(12-14-19)17-9-5-2-6-10-17;14-12-6-8-13(9-7-12)15-10-11-4-2-1-3-5-11;13-12-8-6-11(7-9-12)10-4-2-1-3-5-10;7-6-4-2-1-3-5-6/h1,3-4,7-12,20H,2,5-6,13-15H2;1,3-4,7-9,11-14H,2,5-6,10,15H2;1-9H,10H2;6-10,13H,1-5H2;1-5H2. The van der Waals surface area contributed by atoms with Crippen LogP contribution in [0.1, 0.15) is 161 Å². The third kappa shape index (κ3) is 20.6. The van der Waals surface area contributed by atoms with Gasteiger partial charge in [-0.25, -0.2) is 0 Å². The molecule has 0 aromatic heterocycles. The fourth-order valence-corrected chi connectivity index (χ4v) is 10.3. The first-order valence-corrected chi connectivity index (χ1v) is 28.8. The minimum Gasteiger partial charge on any atom is -0.508 e. The minimum atomic E-state index is -0.629. The smallest absolute Gasteiger partial charge is 0.132 e. The van der Waals surface area contributed by atoms with Crippen LogP contribution in [0.5, 0.6) is 23.0 Å². The number of phenols is 1. The molecule has 0 heterocycles. The molecule has 4 aliphatic carbocycles. The number of carbonyl (C=O) groups is 1. The van der Waals surface area contributed by atoms with Gasteiger partial charge in [-0.3, -0.25) is 4.79 Å². The number of Topliss-reactive ketones (excluding diaryl/α,β-unsaturated/α-hetero) is 1. The quantitative estimate of drug-likeness (QED) is 0.127. The summed E-state index contributed by atoms with van der Waals surface area (Å²) in [6.07, 6.45) is 24.7. The van der Waals surface area contributed by atoms with E-state index in [-0.39, 0.29) is 0 Å². The van der Waals surface area contributed by atoms with Gasteiger partial charge in [0.2, 0.25) is 0 Å². The van der Waals surface area contributed by atoms with Crippen LogP contribution in [0.25, 0.3) is 5.57 Å². The zero-order chi connectivity index (χ0) is 52.9. The number of allylic oxidation sites excluding steroid dienone is 2. The van der Waals surface area contributed by atoms with E-state index in [9.17, 15) is 9.90 Å². The maximum absolute atomic E-state index is 10.7. The van der Waals surface area contributed by atoms with E-state index in [1.807, 2.05) is 103 Å². The zero-order valence-electron chi connectivity index (χ0n) is 44.5. The van der Waals surface area contributed by atoms with Gasteiger partial charge in [0.25, 0.3) is 0 Å². The van der Waals surface area contributed by atoms with Crippen LogP contribution in [0.2, 0.25) is 0 Å². The molecule has 3 fully saturated rings. The van der Waals surface area contributed by atoms with Gasteiger partial charge in [-0.05, 0) is 170 Å². The molecule has 0 spiro atoms. The number of aliphatic hydroxyl groups is 1. The number of aromatic hydroxyl groups is 1. The van der Waals surface area contributed by atoms with Crippen LogP contribution in [-0.4, -0.2) is 16.0 Å². The summed E-state index contributed by atoms with van der Waals surface area (Å²) < 4.78 is 18.3. The van der Waals surface area contributed by atoms with Crippen molar-refractivity contribution in [2.24, 2.45) is 0 Å². The average molecular weight is 1080 g/mol. The topological polar surface area (TPSA) is 85.2 Å². The highest BCUT2D eigenvalue weighted by atomic mass is 79.9. The molecule has 7 aromatic rings. The van der Waals surface area contributed by atoms with Crippen molar-refractivity contribution in [3.05, 3.63) is 232 Å². The van der Waals surface area contributed by atoms with Gasteiger partial charge in [0.1, 0.15) is 48.6 Å². The molecule has 76 heavy (non-hydrogen) atoms. The largest absolute Gasteiger partial charge is 0.508 e. The van der Waals surface area contributed by atoms with Crippen LogP contribution < -0.4 is 14.2 Å². The van der Waals surface area contributed by atoms with E-state index in [1.165, 1.54) is 98.5 Å². The number of halogens is 1. The summed E-state index contributed by atoms with van der Waals surface area (Å²) in [5.74, 6) is 4.26. The van der Waals surface area contributed by atoms with Crippen molar-refractivity contribution >= 4 is 27.3 Å². The Kier molecular flexibility index (Phi) is 24.3. The molecule has 0 saturated heterocycles. The normalized spacial score (nSPS) is 15.9. The van der Waals surface area contributed by atoms with Crippen molar-refractivity contribution in [2.75, 3.05) is 0 Å². The molecule has 11 rings (SSSR count). The van der Waals surface area contributed by atoms with E-state index in [0.717, 1.165) is 90.1 Å². The van der Waals surface area contributed by atoms with E-state index in [4.69, 9.17) is 19.3 Å². The van der Waals surface area contributed by atoms with Gasteiger partial charge in [-0.1, -0.05) is 194 Å². The number of hydrogen-bond donors (Lipinski definition) is 2. The van der Waals surface area contributed by atoms with Crippen molar-refractivity contribution in [3.8, 4) is 23.0 Å². The first kappa shape index (κ1) is 57.3. The predicted molar refractivity (Wildman–Crippen MR) is 315 cm³/mol. The molecular formula is C69H79BrO6. The summed E-state index contributed by atoms with van der Waals surface area (Å²) in [5, 5.41) is 19.9. The summed E-state index contributed by atoms with van der Waals surface area (Å²) >= 11 is 3.39. The fraction of sp³-hybridized carbons (Fsp3) is 0.348. The minimum absolute atomic E-state index is 0.375. The first-order valence-electron chi connectivity index (χ1n) is 28.0. The number of benzene rings is 7. The Morgan fingerprint density at radius 3 is 1.34 bits per heavy atom. The van der Waals surface area contributed by atoms with Crippen molar-refractivity contribution < 1.29 is 29.2 Å². The van der Waals surface area contributed by atoms with E-state index in [1.54, 1.807) is 12.1 Å². The molecule has 4 aliphatic rings. The highest BCUT2D eigenvalue weighted by Crippen LogP contribution is 2.38. The van der Waals surface area contributed by atoms with E-state index < -0.39 is 5.60 Å². The molecule has 3 saturated carbocycles. The van der Waals surface area contributed by atoms with Crippen LogP contribution in [-0.2, 0) is 30.2 Å². The molecule has 0 aliphatic heterocycles. The molecule has 2 N–H and O–H groups in total. The van der Waals surface area contributed by atoms with Gasteiger partial charge < -0.3 is 24.4 Å². The third-order valence-corrected chi connectivity index (χ3v) is 15.1. The highest BCUT2D eigenvalue weighted by molar-refractivity contribution is 9.10. The Balaban J connectivity index is 0.000000143. The van der Waals surface area contributed by atoms with Gasteiger partial charge in [-0.15, -0.1) is 0 Å². The van der Waals surface area contributed by atoms with E-state index in [2.05, 4.69) is 94.8 Å². The van der Waals surface area contributed by atoms with Crippen molar-refractivity contribution in [2.45, 2.75) is 153 Å². The Bertz CT molecular complexity index is 2690. The Morgan fingerprint density at radius 1 is 0.461 bits per heavy atom. The monoisotopic (exact) mass is 1080 g/mol. The van der Waals surface area contributed by atoms with Gasteiger partial charge in [0, 0.05) is 17.3 Å². The maximum atomic E-state index is 10.7. The summed E-state index contributed by atoms with van der Waals surface area (Å²) in [4.78, 5) is 10.5. The summed E-state index contributed by atoms with van der Waals surface area (Å²) in [6, 6.07) is 62.6. The lowest BCUT2D eigenvalue weighted by atomic mass is 9.80. The number of ether oxygens (including phenoxy) is 3. The molecule has 398 valence electrons. The summed E-state index contributed by atoms with van der Waals surface area (Å²) in [5.41, 5.74) is 8.17. The molecule has 0 amide bonds. The second-order valence-electron chi connectivity index (χ2n) is 20.4. The van der Waals surface area contributed by atoms with Crippen LogP contribution in [0.15, 0.2) is 199 Å². The number of hydrogen-bond acceptors (Lipinski definition) is 6. The molecule has 0 bridgehead atoms. The molecule has 0 atom stereocenters. The summed E-state index contributed by atoms with van der Waals surface area (Å²) in [6.45, 7) is 1.82. The lowest BCUT2D eigenvalue weighted by Gasteiger charge is -2.32. The molecule has 0 radical (unpaired) electrons. The number of rotatable bonds is 12. The van der Waals surface area contributed by atoms with Crippen molar-refractivity contribution in [1.82, 2.24) is 0 Å². The highest BCUT2D eigenvalue weighted by Gasteiger charge is 2.31. The first-order chi connectivity index (χ1) is 37.3. The lowest BCUT2D eigenvalue weighted by Crippen LogP contribution is -2.28. The van der Waals surface area contributed by atoms with Crippen molar-refractivity contribution in [1.29, 1.82) is 0 Å². The van der Waals surface area contributed by atoms with Crippen molar-refractivity contribution in [3.63, 3.8) is 0 Å². The van der Waals surface area contributed by atoms with Crippen LogP contribution >= 0.6 is 15.9 Å². The predicted octanol–water partition coefficient (Wildman–Crippen LogP) is 18.6. The maximum Gasteiger partial charge on any atom is 0.132 e. The number of ketones is 1. The average Bonchev–Trinajstić information content (AvgIpc) is 3.49. The summed E-state index contributed by atoms with van der Waals surface area (Å²) in [7, 11) is 0. The zero-order valence-corrected chi connectivity index (χ0v) is 46.1. The number of phenolic OH excluding ortho intramolecular Hbond substituents is 1. The Labute approximate surface area is 462 Å². The van der Waals surface area contributed by atoms with Gasteiger partial charge in [-0.2, -0.15) is 0 Å². The van der Waals surface area contributed by atoms with Crippen LogP contribution in [0.4, 0.5) is 0 Å².